The van der Waals surface area contributed by atoms with E-state index in [0.717, 1.165) is 0 Å². The molecule has 16 heavy (non-hydrogen) atoms. The molecule has 0 aliphatic rings. The number of anilines is 1. The second kappa shape index (κ2) is 4.76. The van der Waals surface area contributed by atoms with E-state index in [2.05, 4.69) is 15.3 Å². The van der Waals surface area contributed by atoms with Gasteiger partial charge in [0.1, 0.15) is 22.8 Å². The molecular formula is C11H8FN3S. The van der Waals surface area contributed by atoms with Crippen molar-refractivity contribution in [3.63, 3.8) is 0 Å². The van der Waals surface area contributed by atoms with Gasteiger partial charge in [-0.25, -0.2) is 14.4 Å². The number of aromatic nitrogens is 2. The van der Waals surface area contributed by atoms with Crippen LogP contribution in [0.5, 0.6) is 0 Å². The first-order chi connectivity index (χ1) is 7.77. The Morgan fingerprint density at radius 3 is 2.75 bits per heavy atom. The monoisotopic (exact) mass is 233 g/mol. The van der Waals surface area contributed by atoms with E-state index in [4.69, 9.17) is 12.2 Å². The Morgan fingerprint density at radius 2 is 2.06 bits per heavy atom. The maximum atomic E-state index is 13.3. The zero-order valence-corrected chi connectivity index (χ0v) is 9.04. The molecule has 80 valence electrons. The van der Waals surface area contributed by atoms with Crippen LogP contribution in [0.3, 0.4) is 0 Å². The Kier molecular flexibility index (Phi) is 3.16. The van der Waals surface area contributed by atoms with Crippen molar-refractivity contribution in [2.45, 2.75) is 0 Å². The Bertz CT molecular complexity index is 502. The van der Waals surface area contributed by atoms with Crippen molar-refractivity contribution in [3.05, 3.63) is 54.4 Å². The summed E-state index contributed by atoms with van der Waals surface area (Å²) in [5, 5.41) is 2.79. The Balaban J connectivity index is 2.18. The van der Waals surface area contributed by atoms with E-state index in [1.165, 1.54) is 12.4 Å². The first-order valence-corrected chi connectivity index (χ1v) is 5.00. The van der Waals surface area contributed by atoms with Gasteiger partial charge >= 0.3 is 0 Å². The Labute approximate surface area is 97.4 Å². The quantitative estimate of drug-likeness (QED) is 0.808. The summed E-state index contributed by atoms with van der Waals surface area (Å²) in [6.45, 7) is 0. The standard InChI is InChI=1S/C11H8FN3S/c12-8-3-1-2-4-9(8)15-11(16)10-5-6-13-7-14-10/h1-7H,(H,15,16). The molecule has 2 rings (SSSR count). The second-order valence-corrected chi connectivity index (χ2v) is 3.44. The zero-order valence-electron chi connectivity index (χ0n) is 8.22. The van der Waals surface area contributed by atoms with Crippen molar-refractivity contribution in [2.75, 3.05) is 5.32 Å². The van der Waals surface area contributed by atoms with E-state index in [1.54, 1.807) is 30.5 Å². The summed E-state index contributed by atoms with van der Waals surface area (Å²) >= 11 is 5.09. The van der Waals surface area contributed by atoms with Crippen LogP contribution in [0.15, 0.2) is 42.9 Å². The lowest BCUT2D eigenvalue weighted by atomic mass is 10.3. The molecule has 0 bridgehead atoms. The number of rotatable bonds is 2. The van der Waals surface area contributed by atoms with Crippen LogP contribution >= 0.6 is 12.2 Å². The van der Waals surface area contributed by atoms with Gasteiger partial charge in [0.25, 0.3) is 0 Å². The molecule has 0 atom stereocenters. The van der Waals surface area contributed by atoms with Crippen molar-refractivity contribution in [1.82, 2.24) is 9.97 Å². The third kappa shape index (κ3) is 2.38. The average Bonchev–Trinajstić information content (AvgIpc) is 2.33. The molecule has 1 heterocycles. The summed E-state index contributed by atoms with van der Waals surface area (Å²) in [6.07, 6.45) is 2.97. The average molecular weight is 233 g/mol. The van der Waals surface area contributed by atoms with Gasteiger partial charge in [-0.1, -0.05) is 24.4 Å². The minimum Gasteiger partial charge on any atom is -0.342 e. The highest BCUT2D eigenvalue weighted by Crippen LogP contribution is 2.13. The molecule has 3 nitrogen and oxygen atoms in total. The topological polar surface area (TPSA) is 37.8 Å². The fourth-order valence-electron chi connectivity index (χ4n) is 1.17. The molecule has 0 unspecified atom stereocenters. The second-order valence-electron chi connectivity index (χ2n) is 3.03. The lowest BCUT2D eigenvalue weighted by Gasteiger charge is -2.07. The molecule has 0 fully saturated rings. The van der Waals surface area contributed by atoms with E-state index < -0.39 is 0 Å². The molecule has 0 amide bonds. The van der Waals surface area contributed by atoms with Crippen LogP contribution in [-0.2, 0) is 0 Å². The minimum absolute atomic E-state index is 0.339. The van der Waals surface area contributed by atoms with Crippen LogP contribution in [-0.4, -0.2) is 15.0 Å². The summed E-state index contributed by atoms with van der Waals surface area (Å²) in [5.74, 6) is -0.348. The van der Waals surface area contributed by atoms with E-state index >= 15 is 0 Å². The van der Waals surface area contributed by atoms with E-state index in [-0.39, 0.29) is 5.82 Å². The van der Waals surface area contributed by atoms with Crippen LogP contribution in [0.4, 0.5) is 10.1 Å². The lowest BCUT2D eigenvalue weighted by molar-refractivity contribution is 0.632. The predicted octanol–water partition coefficient (Wildman–Crippen LogP) is 2.40. The molecule has 0 saturated heterocycles. The molecule has 0 radical (unpaired) electrons. The summed E-state index contributed by atoms with van der Waals surface area (Å²) in [5.41, 5.74) is 0.902. The third-order valence-electron chi connectivity index (χ3n) is 1.94. The molecule has 0 aliphatic carbocycles. The van der Waals surface area contributed by atoms with Gasteiger partial charge in [0.05, 0.1) is 5.69 Å². The molecule has 1 aromatic heterocycles. The van der Waals surface area contributed by atoms with Crippen molar-refractivity contribution in [1.29, 1.82) is 0 Å². The van der Waals surface area contributed by atoms with Crippen LogP contribution in [0.1, 0.15) is 5.69 Å². The molecular weight excluding hydrogens is 225 g/mol. The van der Waals surface area contributed by atoms with E-state index in [0.29, 0.717) is 16.4 Å². The summed E-state index contributed by atoms with van der Waals surface area (Å²) < 4.78 is 13.3. The fraction of sp³-hybridized carbons (Fsp3) is 0. The zero-order chi connectivity index (χ0) is 11.4. The number of halogens is 1. The highest BCUT2D eigenvalue weighted by Gasteiger charge is 2.05. The lowest BCUT2D eigenvalue weighted by Crippen LogP contribution is -2.13. The number of para-hydroxylation sites is 1. The highest BCUT2D eigenvalue weighted by atomic mass is 32.1. The van der Waals surface area contributed by atoms with Gasteiger partial charge in [-0.2, -0.15) is 0 Å². The SMILES string of the molecule is Fc1ccccc1NC(=S)c1ccncn1. The van der Waals surface area contributed by atoms with Gasteiger partial charge < -0.3 is 5.32 Å². The van der Waals surface area contributed by atoms with Crippen molar-refractivity contribution in [2.24, 2.45) is 0 Å². The van der Waals surface area contributed by atoms with Crippen LogP contribution in [0.2, 0.25) is 0 Å². The number of nitrogens with one attached hydrogen (secondary N) is 1. The maximum Gasteiger partial charge on any atom is 0.146 e. The minimum atomic E-state index is -0.348. The molecule has 1 N–H and O–H groups in total. The van der Waals surface area contributed by atoms with Gasteiger partial charge in [0.2, 0.25) is 0 Å². The summed E-state index contributed by atoms with van der Waals surface area (Å²) in [6, 6.07) is 7.99. The number of hydrogen-bond donors (Lipinski definition) is 1. The number of nitrogens with zero attached hydrogens (tertiary/aromatic N) is 2. The van der Waals surface area contributed by atoms with E-state index in [1.807, 2.05) is 0 Å². The Morgan fingerprint density at radius 1 is 1.25 bits per heavy atom. The van der Waals surface area contributed by atoms with Gasteiger partial charge in [-0.05, 0) is 18.2 Å². The van der Waals surface area contributed by atoms with Crippen molar-refractivity contribution in [3.8, 4) is 0 Å². The van der Waals surface area contributed by atoms with Crippen LogP contribution < -0.4 is 5.32 Å². The largest absolute Gasteiger partial charge is 0.342 e. The Hall–Kier alpha value is -1.88. The summed E-state index contributed by atoms with van der Waals surface area (Å²) in [4.78, 5) is 8.12. The smallest absolute Gasteiger partial charge is 0.146 e. The highest BCUT2D eigenvalue weighted by molar-refractivity contribution is 7.81. The molecule has 1 aromatic carbocycles. The van der Waals surface area contributed by atoms with Gasteiger partial charge in [-0.3, -0.25) is 0 Å². The van der Waals surface area contributed by atoms with Gasteiger partial charge in [0, 0.05) is 6.20 Å². The summed E-state index contributed by atoms with van der Waals surface area (Å²) in [7, 11) is 0. The number of benzene rings is 1. The molecule has 0 spiro atoms. The van der Waals surface area contributed by atoms with Gasteiger partial charge in [0.15, 0.2) is 0 Å². The maximum absolute atomic E-state index is 13.3. The van der Waals surface area contributed by atoms with Crippen molar-refractivity contribution < 1.29 is 4.39 Å². The first kappa shape index (κ1) is 10.6. The van der Waals surface area contributed by atoms with Gasteiger partial charge in [-0.15, -0.1) is 0 Å². The number of hydrogen-bond acceptors (Lipinski definition) is 3. The molecule has 2 aromatic rings. The first-order valence-electron chi connectivity index (χ1n) is 4.59. The molecule has 0 aliphatic heterocycles. The predicted molar refractivity (Wildman–Crippen MR) is 63.8 cm³/mol. The number of thiocarbonyl (C=S) groups is 1. The fourth-order valence-corrected chi connectivity index (χ4v) is 1.40. The van der Waals surface area contributed by atoms with E-state index in [9.17, 15) is 4.39 Å². The molecule has 5 heteroatoms. The van der Waals surface area contributed by atoms with Crippen LogP contribution in [0.25, 0.3) is 0 Å². The molecule has 0 saturated carbocycles. The third-order valence-corrected chi connectivity index (χ3v) is 2.25. The van der Waals surface area contributed by atoms with Crippen LogP contribution in [0, 0.1) is 5.82 Å². The normalized spacial score (nSPS) is 9.81. The van der Waals surface area contributed by atoms with Crippen molar-refractivity contribution >= 4 is 22.9 Å².